The summed E-state index contributed by atoms with van der Waals surface area (Å²) in [5, 5.41) is 3.82. The van der Waals surface area contributed by atoms with E-state index in [2.05, 4.69) is 10.00 Å². The molecule has 0 bridgehead atoms. The first-order valence-corrected chi connectivity index (χ1v) is 7.96. The highest BCUT2D eigenvalue weighted by Gasteiger charge is 2.38. The number of aromatic nitrogens is 2. The minimum atomic E-state index is -4.36. The molecule has 2 atom stereocenters. The number of amides is 1. The number of alkyl halides is 3. The Bertz CT molecular complexity index is 616. The molecule has 2 saturated heterocycles. The molecule has 3 rings (SSSR count). The average molecular weight is 346 g/mol. The standard InChI is InChI=1S/C15H21F3N4O2/c1-10-11(7-22(19-10)9-15(16,17)18)14(23)21-4-3-13-12(8-21)20(2)5-6-24-13/h7,12-13H,3-6,8-9H2,1-2H3/t12-,13+/m1/s1. The predicted octanol–water partition coefficient (Wildman–Crippen LogP) is 1.30. The van der Waals surface area contributed by atoms with Crippen LogP contribution < -0.4 is 0 Å². The summed E-state index contributed by atoms with van der Waals surface area (Å²) < 4.78 is 44.0. The van der Waals surface area contributed by atoms with Crippen LogP contribution in [0.2, 0.25) is 0 Å². The zero-order valence-electron chi connectivity index (χ0n) is 13.7. The van der Waals surface area contributed by atoms with E-state index in [9.17, 15) is 18.0 Å². The second-order valence-electron chi connectivity index (χ2n) is 6.44. The highest BCUT2D eigenvalue weighted by Crippen LogP contribution is 2.24. The Morgan fingerprint density at radius 2 is 2.17 bits per heavy atom. The van der Waals surface area contributed by atoms with Crippen molar-refractivity contribution >= 4 is 5.91 Å². The summed E-state index contributed by atoms with van der Waals surface area (Å²) in [6, 6.07) is 0.127. The van der Waals surface area contributed by atoms with E-state index in [1.54, 1.807) is 11.8 Å². The van der Waals surface area contributed by atoms with Crippen LogP contribution >= 0.6 is 0 Å². The summed E-state index contributed by atoms with van der Waals surface area (Å²) in [5.74, 6) is -0.265. The molecule has 2 aliphatic heterocycles. The van der Waals surface area contributed by atoms with Gasteiger partial charge in [-0.15, -0.1) is 0 Å². The lowest BCUT2D eigenvalue weighted by Gasteiger charge is -2.45. The Morgan fingerprint density at radius 3 is 2.88 bits per heavy atom. The van der Waals surface area contributed by atoms with Crippen LogP contribution in [0.4, 0.5) is 13.2 Å². The van der Waals surface area contributed by atoms with Crippen molar-refractivity contribution < 1.29 is 22.7 Å². The van der Waals surface area contributed by atoms with Crippen molar-refractivity contribution in [2.45, 2.75) is 38.2 Å². The third kappa shape index (κ3) is 3.56. The van der Waals surface area contributed by atoms with Crippen LogP contribution in [0.15, 0.2) is 6.20 Å². The number of carbonyl (C=O) groups excluding carboxylic acids is 1. The van der Waals surface area contributed by atoms with Crippen LogP contribution in [0, 0.1) is 6.92 Å². The Hall–Kier alpha value is -1.61. The number of rotatable bonds is 2. The molecule has 3 heterocycles. The van der Waals surface area contributed by atoms with E-state index >= 15 is 0 Å². The van der Waals surface area contributed by atoms with E-state index in [0.29, 0.717) is 25.4 Å². The molecule has 0 unspecified atom stereocenters. The van der Waals surface area contributed by atoms with E-state index in [0.717, 1.165) is 17.6 Å². The number of likely N-dealkylation sites (N-methyl/N-ethyl adjacent to an activating group) is 1. The fourth-order valence-electron chi connectivity index (χ4n) is 3.39. The molecule has 0 spiro atoms. The fourth-order valence-corrected chi connectivity index (χ4v) is 3.39. The smallest absolute Gasteiger partial charge is 0.375 e. The largest absolute Gasteiger partial charge is 0.408 e. The van der Waals surface area contributed by atoms with Crippen LogP contribution in [0.25, 0.3) is 0 Å². The number of fused-ring (bicyclic) bond motifs is 1. The van der Waals surface area contributed by atoms with Gasteiger partial charge in [-0.2, -0.15) is 18.3 Å². The predicted molar refractivity (Wildman–Crippen MR) is 79.7 cm³/mol. The highest BCUT2D eigenvalue weighted by molar-refractivity contribution is 5.95. The molecule has 0 aromatic carbocycles. The van der Waals surface area contributed by atoms with E-state index < -0.39 is 12.7 Å². The minimum Gasteiger partial charge on any atom is -0.375 e. The van der Waals surface area contributed by atoms with E-state index in [-0.39, 0.29) is 23.6 Å². The topological polar surface area (TPSA) is 50.6 Å². The van der Waals surface area contributed by atoms with Gasteiger partial charge in [-0.25, -0.2) is 0 Å². The van der Waals surface area contributed by atoms with Crippen LogP contribution in [-0.2, 0) is 11.3 Å². The molecule has 1 aromatic heterocycles. The Kier molecular flexibility index (Phi) is 4.56. The van der Waals surface area contributed by atoms with E-state index in [1.165, 1.54) is 6.20 Å². The van der Waals surface area contributed by atoms with Gasteiger partial charge in [-0.3, -0.25) is 14.4 Å². The van der Waals surface area contributed by atoms with E-state index in [4.69, 9.17) is 4.74 Å². The molecule has 1 amide bonds. The average Bonchev–Trinajstić information content (AvgIpc) is 2.85. The maximum Gasteiger partial charge on any atom is 0.408 e. The zero-order valence-corrected chi connectivity index (χ0v) is 13.7. The van der Waals surface area contributed by atoms with Gasteiger partial charge in [0, 0.05) is 25.8 Å². The van der Waals surface area contributed by atoms with Gasteiger partial charge in [0.1, 0.15) is 6.54 Å². The number of hydrogen-bond acceptors (Lipinski definition) is 4. The molecule has 0 N–H and O–H groups in total. The molecule has 24 heavy (non-hydrogen) atoms. The van der Waals surface area contributed by atoms with Gasteiger partial charge in [-0.05, 0) is 20.4 Å². The number of aryl methyl sites for hydroxylation is 1. The second-order valence-corrected chi connectivity index (χ2v) is 6.44. The van der Waals surface area contributed by atoms with Gasteiger partial charge in [0.25, 0.3) is 5.91 Å². The summed E-state index contributed by atoms with van der Waals surface area (Å²) >= 11 is 0. The SMILES string of the molecule is Cc1nn(CC(F)(F)F)cc1C(=O)N1CC[C@@H]2OCCN(C)[C@@H]2C1. The van der Waals surface area contributed by atoms with Crippen molar-refractivity contribution in [1.82, 2.24) is 19.6 Å². The molecule has 0 aliphatic carbocycles. The van der Waals surface area contributed by atoms with Gasteiger partial charge in [0.05, 0.1) is 30.0 Å². The van der Waals surface area contributed by atoms with Crippen molar-refractivity contribution in [3.8, 4) is 0 Å². The summed E-state index contributed by atoms with van der Waals surface area (Å²) in [5.41, 5.74) is 0.553. The molecule has 2 fully saturated rings. The van der Waals surface area contributed by atoms with Gasteiger partial charge < -0.3 is 9.64 Å². The summed E-state index contributed by atoms with van der Waals surface area (Å²) in [7, 11) is 2.00. The number of piperidine rings is 1. The Morgan fingerprint density at radius 1 is 1.42 bits per heavy atom. The third-order valence-electron chi connectivity index (χ3n) is 4.67. The lowest BCUT2D eigenvalue weighted by atomic mass is 9.98. The molecule has 0 radical (unpaired) electrons. The number of nitrogens with zero attached hydrogens (tertiary/aromatic N) is 4. The quantitative estimate of drug-likeness (QED) is 0.810. The number of hydrogen-bond donors (Lipinski definition) is 0. The second kappa shape index (κ2) is 6.36. The lowest BCUT2D eigenvalue weighted by Crippen LogP contribution is -2.59. The number of ether oxygens (including phenoxy) is 1. The normalized spacial score (nSPS) is 25.6. The van der Waals surface area contributed by atoms with Crippen LogP contribution in [0.1, 0.15) is 22.5 Å². The fraction of sp³-hybridized carbons (Fsp3) is 0.733. The van der Waals surface area contributed by atoms with E-state index in [1.807, 2.05) is 7.05 Å². The summed E-state index contributed by atoms with van der Waals surface area (Å²) in [6.45, 7) is 2.92. The zero-order chi connectivity index (χ0) is 17.5. The molecule has 6 nitrogen and oxygen atoms in total. The molecule has 2 aliphatic rings. The van der Waals surface area contributed by atoms with Crippen molar-refractivity contribution in [1.29, 1.82) is 0 Å². The summed E-state index contributed by atoms with van der Waals surface area (Å²) in [4.78, 5) is 16.6. The highest BCUT2D eigenvalue weighted by atomic mass is 19.4. The van der Waals surface area contributed by atoms with Gasteiger partial charge >= 0.3 is 6.18 Å². The number of likely N-dealkylation sites (tertiary alicyclic amines) is 1. The third-order valence-corrected chi connectivity index (χ3v) is 4.67. The van der Waals surface area contributed by atoms with Crippen LogP contribution in [-0.4, -0.2) is 77.1 Å². The molecule has 9 heteroatoms. The van der Waals surface area contributed by atoms with Crippen molar-refractivity contribution in [2.24, 2.45) is 0 Å². The number of morpholine rings is 1. The summed E-state index contributed by atoms with van der Waals surface area (Å²) in [6.07, 6.45) is -2.32. The maximum atomic E-state index is 12.7. The monoisotopic (exact) mass is 346 g/mol. The van der Waals surface area contributed by atoms with Gasteiger partial charge in [0.15, 0.2) is 0 Å². The molecule has 1 aromatic rings. The Balaban J connectivity index is 1.72. The van der Waals surface area contributed by atoms with Gasteiger partial charge in [0.2, 0.25) is 0 Å². The van der Waals surface area contributed by atoms with Crippen LogP contribution in [0.3, 0.4) is 0 Å². The maximum absolute atomic E-state index is 12.7. The van der Waals surface area contributed by atoms with Crippen molar-refractivity contribution in [3.05, 3.63) is 17.5 Å². The number of carbonyl (C=O) groups is 1. The number of halogens is 3. The Labute approximate surface area is 138 Å². The minimum absolute atomic E-state index is 0.113. The van der Waals surface area contributed by atoms with Crippen molar-refractivity contribution in [2.75, 3.05) is 33.3 Å². The first-order chi connectivity index (χ1) is 11.2. The molecule has 134 valence electrons. The van der Waals surface area contributed by atoms with Gasteiger partial charge in [-0.1, -0.05) is 0 Å². The first-order valence-electron chi connectivity index (χ1n) is 7.96. The van der Waals surface area contributed by atoms with Crippen LogP contribution in [0.5, 0.6) is 0 Å². The molecular formula is C15H21F3N4O2. The van der Waals surface area contributed by atoms with Crippen molar-refractivity contribution in [3.63, 3.8) is 0 Å². The first kappa shape index (κ1) is 17.2. The lowest BCUT2D eigenvalue weighted by molar-refractivity contribution is -0.142. The molecular weight excluding hydrogens is 325 g/mol. The molecule has 0 saturated carbocycles.